The molecular formula is C21H22N6O4S2. The minimum absolute atomic E-state index is 0.106. The number of aromatic nitrogens is 6. The molecule has 1 N–H and O–H groups in total. The molecule has 0 unspecified atom stereocenters. The summed E-state index contributed by atoms with van der Waals surface area (Å²) in [4.78, 5) is 51.3. The first kappa shape index (κ1) is 21.6. The van der Waals surface area contributed by atoms with Crippen LogP contribution in [0.2, 0.25) is 0 Å². The van der Waals surface area contributed by atoms with Gasteiger partial charge in [0.05, 0.1) is 5.52 Å². The Bertz CT molecular complexity index is 1600. The molecule has 0 aromatic carbocycles. The fraction of sp³-hybridized carbons (Fsp3) is 0.381. The van der Waals surface area contributed by atoms with Crippen LogP contribution in [0, 0.1) is 0 Å². The summed E-state index contributed by atoms with van der Waals surface area (Å²) in [6.45, 7) is 4.88. The first-order valence-corrected chi connectivity index (χ1v) is 12.5. The number of unbranched alkanes of at least 4 members (excludes halogenated alkanes) is 1. The van der Waals surface area contributed by atoms with E-state index in [1.807, 2.05) is 29.8 Å². The number of H-pyrrole nitrogens is 1. The average Bonchev–Trinajstić information content (AvgIpc) is 3.53. The Morgan fingerprint density at radius 2 is 2.00 bits per heavy atom. The summed E-state index contributed by atoms with van der Waals surface area (Å²) in [7, 11) is 0. The fourth-order valence-electron chi connectivity index (χ4n) is 3.87. The Balaban J connectivity index is 1.47. The molecule has 5 rings (SSSR count). The van der Waals surface area contributed by atoms with Gasteiger partial charge in [-0.05, 0) is 18.9 Å². The van der Waals surface area contributed by atoms with Crippen LogP contribution in [0.3, 0.4) is 0 Å². The Morgan fingerprint density at radius 3 is 2.79 bits per heavy atom. The van der Waals surface area contributed by atoms with Crippen molar-refractivity contribution in [1.82, 2.24) is 28.5 Å². The number of nitrogens with one attached hydrogen (secondary N) is 1. The van der Waals surface area contributed by atoms with E-state index in [4.69, 9.17) is 4.74 Å². The summed E-state index contributed by atoms with van der Waals surface area (Å²) >= 11 is 2.81. The maximum Gasteiger partial charge on any atom is 0.348 e. The van der Waals surface area contributed by atoms with Crippen LogP contribution in [0.5, 0.6) is 0 Å². The lowest BCUT2D eigenvalue weighted by molar-refractivity contribution is 0.0464. The Labute approximate surface area is 195 Å². The number of carbonyl (C=O) groups excluding carboxylic acids is 1. The quantitative estimate of drug-likeness (QED) is 0.336. The molecule has 0 saturated heterocycles. The van der Waals surface area contributed by atoms with Crippen molar-refractivity contribution in [3.8, 4) is 0 Å². The van der Waals surface area contributed by atoms with Crippen LogP contribution in [0.15, 0.2) is 27.2 Å². The highest BCUT2D eigenvalue weighted by molar-refractivity contribution is 7.21. The average molecular weight is 487 g/mol. The van der Waals surface area contributed by atoms with Gasteiger partial charge in [-0.3, -0.25) is 18.7 Å². The normalized spacial score (nSPS) is 11.8. The highest BCUT2D eigenvalue weighted by Gasteiger charge is 2.21. The van der Waals surface area contributed by atoms with E-state index < -0.39 is 17.2 Å². The molecule has 0 aliphatic rings. The van der Waals surface area contributed by atoms with Gasteiger partial charge in [-0.15, -0.1) is 22.7 Å². The van der Waals surface area contributed by atoms with E-state index in [1.165, 1.54) is 27.2 Å². The van der Waals surface area contributed by atoms with Crippen molar-refractivity contribution in [1.29, 1.82) is 0 Å². The molecule has 0 fully saturated rings. The van der Waals surface area contributed by atoms with Gasteiger partial charge in [0.2, 0.25) is 0 Å². The molecule has 12 heteroatoms. The van der Waals surface area contributed by atoms with E-state index in [0.29, 0.717) is 35.0 Å². The van der Waals surface area contributed by atoms with Crippen molar-refractivity contribution in [2.75, 3.05) is 0 Å². The third-order valence-electron chi connectivity index (χ3n) is 5.42. The number of aryl methyl sites for hydroxylation is 2. The predicted molar refractivity (Wildman–Crippen MR) is 127 cm³/mol. The summed E-state index contributed by atoms with van der Waals surface area (Å²) in [5.74, 6) is -0.0424. The van der Waals surface area contributed by atoms with E-state index >= 15 is 0 Å². The lowest BCUT2D eigenvalue weighted by atomic mass is 10.3. The van der Waals surface area contributed by atoms with Crippen molar-refractivity contribution in [2.45, 2.75) is 52.8 Å². The Hall–Kier alpha value is -3.25. The highest BCUT2D eigenvalue weighted by Crippen LogP contribution is 2.29. The van der Waals surface area contributed by atoms with Gasteiger partial charge in [-0.1, -0.05) is 20.3 Å². The number of rotatable bonds is 8. The molecule has 0 bridgehead atoms. The van der Waals surface area contributed by atoms with Crippen LogP contribution in [0.1, 0.15) is 48.6 Å². The Morgan fingerprint density at radius 1 is 1.15 bits per heavy atom. The first-order valence-electron chi connectivity index (χ1n) is 10.8. The summed E-state index contributed by atoms with van der Waals surface area (Å²) in [5.41, 5.74) is 0.558. The van der Waals surface area contributed by atoms with Gasteiger partial charge in [-0.2, -0.15) is 0 Å². The van der Waals surface area contributed by atoms with E-state index in [1.54, 1.807) is 10.6 Å². The number of fused-ring (bicyclic) bond motifs is 4. The van der Waals surface area contributed by atoms with Gasteiger partial charge in [0, 0.05) is 24.7 Å². The number of hydrogen-bond acceptors (Lipinski definition) is 8. The van der Waals surface area contributed by atoms with Crippen LogP contribution >= 0.6 is 22.7 Å². The largest absolute Gasteiger partial charge is 0.453 e. The van der Waals surface area contributed by atoms with Crippen molar-refractivity contribution in [3.63, 3.8) is 0 Å². The van der Waals surface area contributed by atoms with Crippen molar-refractivity contribution < 1.29 is 9.53 Å². The summed E-state index contributed by atoms with van der Waals surface area (Å²) in [6, 6.07) is 1.77. The minimum atomic E-state index is -0.485. The van der Waals surface area contributed by atoms with Crippen LogP contribution in [-0.4, -0.2) is 34.5 Å². The molecule has 0 atom stereocenters. The van der Waals surface area contributed by atoms with Crippen molar-refractivity contribution >= 4 is 55.1 Å². The molecule has 5 heterocycles. The molecule has 0 aliphatic carbocycles. The third-order valence-corrected chi connectivity index (χ3v) is 7.18. The summed E-state index contributed by atoms with van der Waals surface area (Å²) in [6.07, 6.45) is 4.35. The maximum atomic E-state index is 12.8. The van der Waals surface area contributed by atoms with Crippen LogP contribution in [0.25, 0.3) is 26.5 Å². The molecule has 0 saturated carbocycles. The van der Waals surface area contributed by atoms with Crippen LogP contribution < -0.4 is 11.2 Å². The second-order valence-corrected chi connectivity index (χ2v) is 9.56. The summed E-state index contributed by atoms with van der Waals surface area (Å²) < 4.78 is 10.7. The van der Waals surface area contributed by atoms with E-state index in [-0.39, 0.29) is 6.61 Å². The molecule has 0 amide bonds. The van der Waals surface area contributed by atoms with Gasteiger partial charge >= 0.3 is 11.7 Å². The molecule has 5 aromatic rings. The lowest BCUT2D eigenvalue weighted by Gasteiger charge is -2.08. The van der Waals surface area contributed by atoms with Gasteiger partial charge in [0.25, 0.3) is 5.56 Å². The van der Waals surface area contributed by atoms with Crippen LogP contribution in [0.4, 0.5) is 0 Å². The number of ether oxygens (including phenoxy) is 1. The topological polar surface area (TPSA) is 116 Å². The monoisotopic (exact) mass is 486 g/mol. The minimum Gasteiger partial charge on any atom is -0.453 e. The molecule has 5 aromatic heterocycles. The number of thiazole rings is 1. The number of esters is 1. The van der Waals surface area contributed by atoms with Gasteiger partial charge in [0.1, 0.15) is 22.1 Å². The maximum absolute atomic E-state index is 12.8. The number of carbonyl (C=O) groups is 1. The molecule has 0 radical (unpaired) electrons. The fourth-order valence-corrected chi connectivity index (χ4v) is 5.56. The number of imidazole rings is 2. The van der Waals surface area contributed by atoms with E-state index in [9.17, 15) is 14.4 Å². The molecule has 172 valence electrons. The zero-order chi connectivity index (χ0) is 23.1. The number of nitrogens with zero attached hydrogens (tertiary/aromatic N) is 5. The van der Waals surface area contributed by atoms with E-state index in [0.717, 1.165) is 34.6 Å². The second-order valence-electron chi connectivity index (χ2n) is 7.66. The van der Waals surface area contributed by atoms with Gasteiger partial charge in [-0.25, -0.2) is 19.6 Å². The second kappa shape index (κ2) is 8.60. The smallest absolute Gasteiger partial charge is 0.348 e. The van der Waals surface area contributed by atoms with Gasteiger partial charge < -0.3 is 9.30 Å². The first-order chi connectivity index (χ1) is 16.0. The van der Waals surface area contributed by atoms with Gasteiger partial charge in [0.15, 0.2) is 16.1 Å². The number of thiophene rings is 1. The lowest BCUT2D eigenvalue weighted by Crippen LogP contribution is -2.31. The zero-order valence-corrected chi connectivity index (χ0v) is 19.8. The third kappa shape index (κ3) is 3.68. The highest BCUT2D eigenvalue weighted by atomic mass is 32.1. The van der Waals surface area contributed by atoms with Crippen molar-refractivity contribution in [3.05, 3.63) is 49.2 Å². The van der Waals surface area contributed by atoms with Crippen molar-refractivity contribution in [2.24, 2.45) is 0 Å². The molecule has 33 heavy (non-hydrogen) atoms. The standard InChI is InChI=1S/C21H22N6O4S2/c1-3-5-7-27-16-15(17(28)23-20(27)30)26(6-4-2)14(22-16)11-31-19(29)13-10-12-18(33-13)24-21-25(12)8-9-32-21/h8-10H,3-7,11H2,1-2H3,(H,23,28,30). The summed E-state index contributed by atoms with van der Waals surface area (Å²) in [5, 5.41) is 1.94. The molecule has 0 spiro atoms. The van der Waals surface area contributed by atoms with Crippen LogP contribution in [-0.2, 0) is 24.4 Å². The SMILES string of the molecule is CCCCn1c(=O)[nH]c(=O)c2c1nc(COC(=O)c1cc3c(nc4sccn43)s1)n2CCC. The number of aromatic amines is 1. The molecule has 10 nitrogen and oxygen atoms in total. The predicted octanol–water partition coefficient (Wildman–Crippen LogP) is 3.38. The Kier molecular flexibility index (Phi) is 5.62. The zero-order valence-electron chi connectivity index (χ0n) is 18.2. The molecule has 0 aliphatic heterocycles. The van der Waals surface area contributed by atoms with E-state index in [2.05, 4.69) is 15.0 Å². The molecular weight excluding hydrogens is 464 g/mol. The number of hydrogen-bond donors (Lipinski definition) is 1.